The van der Waals surface area contributed by atoms with Gasteiger partial charge in [-0.15, -0.1) is 0 Å². The van der Waals surface area contributed by atoms with Gasteiger partial charge in [0.25, 0.3) is 0 Å². The Morgan fingerprint density at radius 3 is 2.80 bits per heavy atom. The highest BCUT2D eigenvalue weighted by Gasteiger charge is 2.12. The van der Waals surface area contributed by atoms with Crippen LogP contribution in [0.25, 0.3) is 5.57 Å². The first-order valence-electron chi connectivity index (χ1n) is 4.91. The van der Waals surface area contributed by atoms with Crippen molar-refractivity contribution in [2.24, 2.45) is 0 Å². The number of hydrogen-bond donors (Lipinski definition) is 1. The predicted octanol–water partition coefficient (Wildman–Crippen LogP) is 3.61. The lowest BCUT2D eigenvalue weighted by Gasteiger charge is -2.05. The summed E-state index contributed by atoms with van der Waals surface area (Å²) in [6.07, 6.45) is 5.43. The van der Waals surface area contributed by atoms with E-state index in [9.17, 15) is 4.79 Å². The lowest BCUT2D eigenvalue weighted by atomic mass is 10.0. The Morgan fingerprint density at radius 1 is 1.40 bits per heavy atom. The highest BCUT2D eigenvalue weighted by Crippen LogP contribution is 2.29. The van der Waals surface area contributed by atoms with E-state index in [4.69, 9.17) is 16.7 Å². The molecule has 0 amide bonds. The zero-order valence-corrected chi connectivity index (χ0v) is 8.92. The summed E-state index contributed by atoms with van der Waals surface area (Å²) in [7, 11) is 0. The summed E-state index contributed by atoms with van der Waals surface area (Å²) in [4.78, 5) is 10.9. The first kappa shape index (κ1) is 10.2. The minimum atomic E-state index is -0.972. The number of halogens is 1. The number of hydrogen-bond acceptors (Lipinski definition) is 1. The van der Waals surface area contributed by atoms with Crippen LogP contribution in [-0.4, -0.2) is 11.1 Å². The molecule has 1 aliphatic carbocycles. The Balaban J connectivity index is 2.42. The highest BCUT2D eigenvalue weighted by molar-refractivity contribution is 6.33. The van der Waals surface area contributed by atoms with Crippen LogP contribution in [0.15, 0.2) is 24.3 Å². The normalized spacial score (nSPS) is 15.1. The van der Waals surface area contributed by atoms with Gasteiger partial charge in [-0.05, 0) is 42.5 Å². The summed E-state index contributed by atoms with van der Waals surface area (Å²) >= 11 is 5.80. The van der Waals surface area contributed by atoms with Crippen molar-refractivity contribution in [2.45, 2.75) is 19.3 Å². The molecule has 0 saturated carbocycles. The van der Waals surface area contributed by atoms with Gasteiger partial charge < -0.3 is 5.11 Å². The summed E-state index contributed by atoms with van der Waals surface area (Å²) in [6, 6.07) is 5.19. The van der Waals surface area contributed by atoms with Crippen LogP contribution in [0.3, 0.4) is 0 Å². The van der Waals surface area contributed by atoms with E-state index < -0.39 is 5.97 Å². The van der Waals surface area contributed by atoms with E-state index in [0.717, 1.165) is 24.8 Å². The van der Waals surface area contributed by atoms with Crippen molar-refractivity contribution < 1.29 is 9.90 Å². The van der Waals surface area contributed by atoms with Crippen molar-refractivity contribution in [3.05, 3.63) is 40.4 Å². The maximum atomic E-state index is 10.9. The van der Waals surface area contributed by atoms with E-state index in [2.05, 4.69) is 6.08 Å². The van der Waals surface area contributed by atoms with Gasteiger partial charge in [-0.3, -0.25) is 0 Å². The van der Waals surface area contributed by atoms with Gasteiger partial charge in [0, 0.05) is 0 Å². The van der Waals surface area contributed by atoms with Crippen LogP contribution in [0.2, 0.25) is 5.02 Å². The SMILES string of the molecule is O=C(O)c1cc(C2=CCCC2)ccc1Cl. The molecule has 1 aromatic rings. The van der Waals surface area contributed by atoms with Crippen LogP contribution in [0.5, 0.6) is 0 Å². The minimum Gasteiger partial charge on any atom is -0.478 e. The van der Waals surface area contributed by atoms with E-state index in [1.54, 1.807) is 12.1 Å². The van der Waals surface area contributed by atoms with Crippen LogP contribution in [0, 0.1) is 0 Å². The molecule has 0 unspecified atom stereocenters. The third-order valence-corrected chi connectivity index (χ3v) is 2.94. The number of carboxylic acid groups (broad SMARTS) is 1. The molecule has 1 aliphatic rings. The van der Waals surface area contributed by atoms with Crippen LogP contribution in [-0.2, 0) is 0 Å². The topological polar surface area (TPSA) is 37.3 Å². The molecule has 0 bridgehead atoms. The van der Waals surface area contributed by atoms with Gasteiger partial charge in [-0.2, -0.15) is 0 Å². The Bertz CT molecular complexity index is 435. The fraction of sp³-hybridized carbons (Fsp3) is 0.250. The first-order chi connectivity index (χ1) is 7.18. The molecular weight excluding hydrogens is 212 g/mol. The van der Waals surface area contributed by atoms with Crippen molar-refractivity contribution in [3.8, 4) is 0 Å². The summed E-state index contributed by atoms with van der Waals surface area (Å²) in [5.74, 6) is -0.972. The number of allylic oxidation sites excluding steroid dienone is 2. The van der Waals surface area contributed by atoms with Crippen LogP contribution in [0.4, 0.5) is 0 Å². The van der Waals surface area contributed by atoms with Crippen molar-refractivity contribution in [3.63, 3.8) is 0 Å². The standard InChI is InChI=1S/C12H11ClO2/c13-11-6-5-9(7-10(11)12(14)15)8-3-1-2-4-8/h3,5-7H,1-2,4H2,(H,14,15). The average Bonchev–Trinajstić information content (AvgIpc) is 2.71. The molecule has 1 N–H and O–H groups in total. The summed E-state index contributed by atoms with van der Waals surface area (Å²) in [5, 5.41) is 9.23. The molecule has 0 aromatic heterocycles. The molecule has 0 radical (unpaired) electrons. The highest BCUT2D eigenvalue weighted by atomic mass is 35.5. The summed E-state index contributed by atoms with van der Waals surface area (Å²) < 4.78 is 0. The first-order valence-corrected chi connectivity index (χ1v) is 5.28. The number of carboxylic acids is 1. The molecule has 0 aliphatic heterocycles. The Labute approximate surface area is 93.2 Å². The molecule has 0 spiro atoms. The molecule has 2 nitrogen and oxygen atoms in total. The molecule has 15 heavy (non-hydrogen) atoms. The van der Waals surface area contributed by atoms with Gasteiger partial charge in [0.1, 0.15) is 0 Å². The van der Waals surface area contributed by atoms with Gasteiger partial charge in [-0.1, -0.05) is 23.7 Å². The molecule has 2 rings (SSSR count). The van der Waals surface area contributed by atoms with Gasteiger partial charge in [0.2, 0.25) is 0 Å². The molecular formula is C12H11ClO2. The molecule has 0 heterocycles. The Kier molecular flexibility index (Phi) is 2.78. The summed E-state index contributed by atoms with van der Waals surface area (Å²) in [6.45, 7) is 0. The van der Waals surface area contributed by atoms with Crippen LogP contribution in [0.1, 0.15) is 35.2 Å². The smallest absolute Gasteiger partial charge is 0.337 e. The number of benzene rings is 1. The lowest BCUT2D eigenvalue weighted by Crippen LogP contribution is -1.98. The predicted molar refractivity (Wildman–Crippen MR) is 60.2 cm³/mol. The second-order valence-electron chi connectivity index (χ2n) is 3.62. The van der Waals surface area contributed by atoms with Gasteiger partial charge >= 0.3 is 5.97 Å². The van der Waals surface area contributed by atoms with Crippen molar-refractivity contribution in [2.75, 3.05) is 0 Å². The van der Waals surface area contributed by atoms with Crippen molar-refractivity contribution >= 4 is 23.1 Å². The fourth-order valence-electron chi connectivity index (χ4n) is 1.82. The number of carbonyl (C=O) groups is 1. The molecule has 0 fully saturated rings. The summed E-state index contributed by atoms with van der Waals surface area (Å²) in [5.41, 5.74) is 2.39. The Hall–Kier alpha value is -1.28. The van der Waals surface area contributed by atoms with Crippen LogP contribution >= 0.6 is 11.6 Å². The molecule has 1 aromatic carbocycles. The molecule has 3 heteroatoms. The number of aromatic carboxylic acids is 1. The lowest BCUT2D eigenvalue weighted by molar-refractivity contribution is 0.0697. The van der Waals surface area contributed by atoms with Crippen molar-refractivity contribution in [1.29, 1.82) is 0 Å². The van der Waals surface area contributed by atoms with E-state index in [0.29, 0.717) is 5.02 Å². The Morgan fingerprint density at radius 2 is 2.20 bits per heavy atom. The van der Waals surface area contributed by atoms with E-state index in [-0.39, 0.29) is 5.56 Å². The van der Waals surface area contributed by atoms with Gasteiger partial charge in [0.05, 0.1) is 10.6 Å². The average molecular weight is 223 g/mol. The monoisotopic (exact) mass is 222 g/mol. The number of rotatable bonds is 2. The van der Waals surface area contributed by atoms with Crippen molar-refractivity contribution in [1.82, 2.24) is 0 Å². The van der Waals surface area contributed by atoms with E-state index in [1.165, 1.54) is 5.57 Å². The zero-order valence-electron chi connectivity index (χ0n) is 8.16. The maximum Gasteiger partial charge on any atom is 0.337 e. The van der Waals surface area contributed by atoms with Gasteiger partial charge in [0.15, 0.2) is 0 Å². The minimum absolute atomic E-state index is 0.182. The quantitative estimate of drug-likeness (QED) is 0.830. The second-order valence-corrected chi connectivity index (χ2v) is 4.03. The van der Waals surface area contributed by atoms with E-state index >= 15 is 0 Å². The van der Waals surface area contributed by atoms with Gasteiger partial charge in [-0.25, -0.2) is 4.79 Å². The molecule has 78 valence electrons. The van der Waals surface area contributed by atoms with E-state index in [1.807, 2.05) is 6.07 Å². The molecule has 0 atom stereocenters. The largest absolute Gasteiger partial charge is 0.478 e. The van der Waals surface area contributed by atoms with Crippen LogP contribution < -0.4 is 0 Å². The third kappa shape index (κ3) is 2.05. The zero-order chi connectivity index (χ0) is 10.8. The molecule has 0 saturated heterocycles. The second kappa shape index (κ2) is 4.07. The fourth-order valence-corrected chi connectivity index (χ4v) is 2.02. The maximum absolute atomic E-state index is 10.9. The third-order valence-electron chi connectivity index (χ3n) is 2.61.